The van der Waals surface area contributed by atoms with Crippen LogP contribution in [0.1, 0.15) is 42.4 Å². The third-order valence-corrected chi connectivity index (χ3v) is 3.63. The number of fused-ring (bicyclic) bond motifs is 1. The number of carboxylic acids is 1. The SMILES string of the molecule is COc1cc(C(C)C(=O)O)c(F)c2c1CCCC2. The topological polar surface area (TPSA) is 46.5 Å². The summed E-state index contributed by atoms with van der Waals surface area (Å²) in [5, 5.41) is 9.02. The van der Waals surface area contributed by atoms with E-state index in [-0.39, 0.29) is 11.4 Å². The summed E-state index contributed by atoms with van der Waals surface area (Å²) in [4.78, 5) is 11.0. The van der Waals surface area contributed by atoms with Gasteiger partial charge in [-0.15, -0.1) is 0 Å². The molecule has 0 spiro atoms. The van der Waals surface area contributed by atoms with E-state index < -0.39 is 11.9 Å². The van der Waals surface area contributed by atoms with Crippen LogP contribution in [0.25, 0.3) is 0 Å². The number of carbonyl (C=O) groups is 1. The van der Waals surface area contributed by atoms with Gasteiger partial charge in [0.1, 0.15) is 11.6 Å². The van der Waals surface area contributed by atoms with Crippen LogP contribution in [0, 0.1) is 5.82 Å². The molecule has 1 aliphatic carbocycles. The van der Waals surface area contributed by atoms with Gasteiger partial charge >= 0.3 is 5.97 Å². The minimum Gasteiger partial charge on any atom is -0.496 e. The van der Waals surface area contributed by atoms with Crippen LogP contribution in [-0.2, 0) is 17.6 Å². The Hall–Kier alpha value is -1.58. The molecule has 1 aliphatic rings. The number of carboxylic acid groups (broad SMARTS) is 1. The number of benzene rings is 1. The van der Waals surface area contributed by atoms with Gasteiger partial charge in [-0.2, -0.15) is 0 Å². The third kappa shape index (κ3) is 2.07. The standard InChI is InChI=1S/C14H17FO3/c1-8(14(16)17)11-7-12(18-2)9-5-3-4-6-10(9)13(11)15/h7-8H,3-6H2,1-2H3,(H,16,17). The molecule has 4 heteroatoms. The predicted octanol–water partition coefficient (Wildman–Crippen LogP) is 2.90. The summed E-state index contributed by atoms with van der Waals surface area (Å²) in [6, 6.07) is 1.54. The average Bonchev–Trinajstić information content (AvgIpc) is 2.38. The number of halogens is 1. The van der Waals surface area contributed by atoms with Gasteiger partial charge in [0.05, 0.1) is 13.0 Å². The molecule has 1 atom stereocenters. The normalized spacial score (nSPS) is 15.9. The largest absolute Gasteiger partial charge is 0.496 e. The number of aliphatic carboxylic acids is 1. The number of hydrogen-bond acceptors (Lipinski definition) is 2. The van der Waals surface area contributed by atoms with Crippen molar-refractivity contribution in [3.63, 3.8) is 0 Å². The van der Waals surface area contributed by atoms with E-state index in [0.717, 1.165) is 24.8 Å². The lowest BCUT2D eigenvalue weighted by atomic mass is 9.86. The first-order valence-electron chi connectivity index (χ1n) is 6.17. The third-order valence-electron chi connectivity index (χ3n) is 3.63. The lowest BCUT2D eigenvalue weighted by Crippen LogP contribution is -2.15. The molecular formula is C14H17FO3. The van der Waals surface area contributed by atoms with Gasteiger partial charge in [-0.1, -0.05) is 0 Å². The number of methoxy groups -OCH3 is 1. The van der Waals surface area contributed by atoms with Crippen LogP contribution in [0.3, 0.4) is 0 Å². The summed E-state index contributed by atoms with van der Waals surface area (Å²) in [5.74, 6) is -1.62. The van der Waals surface area contributed by atoms with Crippen molar-refractivity contribution in [3.05, 3.63) is 28.6 Å². The Morgan fingerprint density at radius 3 is 2.56 bits per heavy atom. The maximum Gasteiger partial charge on any atom is 0.310 e. The van der Waals surface area contributed by atoms with Gasteiger partial charge < -0.3 is 9.84 Å². The van der Waals surface area contributed by atoms with Crippen LogP contribution in [0.4, 0.5) is 4.39 Å². The fourth-order valence-electron chi connectivity index (χ4n) is 2.52. The average molecular weight is 252 g/mol. The molecule has 0 saturated carbocycles. The number of hydrogen-bond donors (Lipinski definition) is 1. The molecule has 1 aromatic carbocycles. The molecule has 0 heterocycles. The van der Waals surface area contributed by atoms with Crippen molar-refractivity contribution in [2.75, 3.05) is 7.11 Å². The second-order valence-electron chi connectivity index (χ2n) is 4.71. The summed E-state index contributed by atoms with van der Waals surface area (Å²) >= 11 is 0. The first kappa shape index (κ1) is 12.9. The first-order chi connectivity index (χ1) is 8.56. The molecule has 1 N–H and O–H groups in total. The van der Waals surface area contributed by atoms with E-state index in [1.54, 1.807) is 0 Å². The highest BCUT2D eigenvalue weighted by atomic mass is 19.1. The Labute approximate surface area is 106 Å². The van der Waals surface area contributed by atoms with Crippen molar-refractivity contribution in [3.8, 4) is 5.75 Å². The van der Waals surface area contributed by atoms with Crippen LogP contribution in [0.5, 0.6) is 5.75 Å². The summed E-state index contributed by atoms with van der Waals surface area (Å²) < 4.78 is 19.6. The quantitative estimate of drug-likeness (QED) is 0.899. The number of rotatable bonds is 3. The van der Waals surface area contributed by atoms with E-state index >= 15 is 0 Å². The van der Waals surface area contributed by atoms with Crippen molar-refractivity contribution in [1.29, 1.82) is 0 Å². The van der Waals surface area contributed by atoms with Gasteiger partial charge in [-0.25, -0.2) is 4.39 Å². The van der Waals surface area contributed by atoms with Gasteiger partial charge in [-0.3, -0.25) is 4.79 Å². The van der Waals surface area contributed by atoms with Crippen LogP contribution in [0.15, 0.2) is 6.07 Å². The Bertz CT molecular complexity index is 482. The van der Waals surface area contributed by atoms with E-state index in [1.165, 1.54) is 20.1 Å². The lowest BCUT2D eigenvalue weighted by molar-refractivity contribution is -0.138. The van der Waals surface area contributed by atoms with E-state index in [2.05, 4.69) is 0 Å². The Kier molecular flexibility index (Phi) is 3.55. The van der Waals surface area contributed by atoms with Crippen LogP contribution < -0.4 is 4.74 Å². The van der Waals surface area contributed by atoms with Gasteiger partial charge in [-0.05, 0) is 44.2 Å². The highest BCUT2D eigenvalue weighted by Crippen LogP contribution is 2.36. The molecule has 18 heavy (non-hydrogen) atoms. The van der Waals surface area contributed by atoms with E-state index in [0.29, 0.717) is 17.7 Å². The zero-order valence-electron chi connectivity index (χ0n) is 10.6. The molecule has 0 saturated heterocycles. The van der Waals surface area contributed by atoms with Crippen LogP contribution in [-0.4, -0.2) is 18.2 Å². The smallest absolute Gasteiger partial charge is 0.310 e. The summed E-state index contributed by atoms with van der Waals surface area (Å²) in [6.45, 7) is 1.50. The Morgan fingerprint density at radius 2 is 2.00 bits per heavy atom. The van der Waals surface area contributed by atoms with Crippen molar-refractivity contribution < 1.29 is 19.0 Å². The molecule has 0 fully saturated rings. The van der Waals surface area contributed by atoms with Crippen molar-refractivity contribution in [1.82, 2.24) is 0 Å². The molecule has 0 aromatic heterocycles. The molecule has 0 aliphatic heterocycles. The lowest BCUT2D eigenvalue weighted by Gasteiger charge is -2.22. The zero-order chi connectivity index (χ0) is 13.3. The van der Waals surface area contributed by atoms with E-state index in [1.807, 2.05) is 0 Å². The monoisotopic (exact) mass is 252 g/mol. The fourth-order valence-corrected chi connectivity index (χ4v) is 2.52. The molecule has 3 nitrogen and oxygen atoms in total. The highest BCUT2D eigenvalue weighted by Gasteiger charge is 2.26. The minimum absolute atomic E-state index is 0.222. The summed E-state index contributed by atoms with van der Waals surface area (Å²) in [6.07, 6.45) is 3.43. The molecule has 1 unspecified atom stereocenters. The molecule has 0 radical (unpaired) electrons. The molecular weight excluding hydrogens is 235 g/mol. The zero-order valence-corrected chi connectivity index (χ0v) is 10.6. The van der Waals surface area contributed by atoms with E-state index in [9.17, 15) is 9.18 Å². The Morgan fingerprint density at radius 1 is 1.39 bits per heavy atom. The molecule has 1 aromatic rings. The first-order valence-corrected chi connectivity index (χ1v) is 6.17. The maximum absolute atomic E-state index is 14.4. The maximum atomic E-state index is 14.4. The second kappa shape index (κ2) is 4.96. The number of ether oxygens (including phenoxy) is 1. The molecule has 0 amide bonds. The van der Waals surface area contributed by atoms with Crippen molar-refractivity contribution in [2.24, 2.45) is 0 Å². The van der Waals surface area contributed by atoms with Crippen LogP contribution >= 0.6 is 0 Å². The molecule has 0 bridgehead atoms. The second-order valence-corrected chi connectivity index (χ2v) is 4.71. The van der Waals surface area contributed by atoms with Crippen molar-refractivity contribution >= 4 is 5.97 Å². The van der Waals surface area contributed by atoms with Gasteiger partial charge in [0.2, 0.25) is 0 Å². The molecule has 2 rings (SSSR count). The van der Waals surface area contributed by atoms with Crippen molar-refractivity contribution in [2.45, 2.75) is 38.5 Å². The summed E-state index contributed by atoms with van der Waals surface area (Å²) in [5.41, 5.74) is 1.77. The fraction of sp³-hybridized carbons (Fsp3) is 0.500. The van der Waals surface area contributed by atoms with Gasteiger partial charge in [0.15, 0.2) is 0 Å². The highest BCUT2D eigenvalue weighted by molar-refractivity contribution is 5.76. The predicted molar refractivity (Wildman–Crippen MR) is 65.6 cm³/mol. The van der Waals surface area contributed by atoms with Gasteiger partial charge in [0.25, 0.3) is 0 Å². The van der Waals surface area contributed by atoms with Crippen LogP contribution in [0.2, 0.25) is 0 Å². The minimum atomic E-state index is -1.02. The Balaban J connectivity index is 2.58. The van der Waals surface area contributed by atoms with E-state index in [4.69, 9.17) is 9.84 Å². The molecule has 98 valence electrons. The summed E-state index contributed by atoms with van der Waals surface area (Å²) in [7, 11) is 1.54. The van der Waals surface area contributed by atoms with Gasteiger partial charge in [0, 0.05) is 11.1 Å².